The number of rotatable bonds is 2. The molecule has 0 atom stereocenters. The summed E-state index contributed by atoms with van der Waals surface area (Å²) >= 11 is 2.18. The van der Waals surface area contributed by atoms with Crippen molar-refractivity contribution < 1.29 is 13.9 Å². The van der Waals surface area contributed by atoms with Gasteiger partial charge in [-0.25, -0.2) is 18.7 Å². The Bertz CT molecular complexity index is 1130. The Balaban J connectivity index is 1.64. The first kappa shape index (κ1) is 22.0. The topological polar surface area (TPSA) is 50.6 Å². The maximum absolute atomic E-state index is 14.9. The van der Waals surface area contributed by atoms with Gasteiger partial charge < -0.3 is 14.5 Å². The molecule has 3 aromatic rings. The number of piperazine rings is 1. The number of ether oxygens (including phenoxy) is 1. The zero-order valence-electron chi connectivity index (χ0n) is 18.2. The van der Waals surface area contributed by atoms with Gasteiger partial charge in [0.1, 0.15) is 11.4 Å². The Morgan fingerprint density at radius 1 is 1.13 bits per heavy atom. The second-order valence-electron chi connectivity index (χ2n) is 8.88. The first-order valence-electron chi connectivity index (χ1n) is 10.3. The highest BCUT2D eigenvalue weighted by Gasteiger charge is 2.22. The molecule has 6 nitrogen and oxygen atoms in total. The van der Waals surface area contributed by atoms with Crippen LogP contribution < -0.4 is 4.90 Å². The van der Waals surface area contributed by atoms with E-state index in [1.54, 1.807) is 18.5 Å². The van der Waals surface area contributed by atoms with Crippen molar-refractivity contribution in [2.75, 3.05) is 38.1 Å². The second-order valence-corrected chi connectivity index (χ2v) is 10.0. The standard InChI is InChI=1S/C23H26FIN4O2/c1-23(2,3)31-22(30)29-14-19(25)17-11-16(13-26-21(17)29)15-5-6-20(18(24)12-15)28-9-7-27(4)8-10-28/h5-6,11-14H,7-10H2,1-4H3. The van der Waals surface area contributed by atoms with Gasteiger partial charge in [0.15, 0.2) is 5.65 Å². The van der Waals surface area contributed by atoms with Crippen molar-refractivity contribution in [2.45, 2.75) is 26.4 Å². The normalized spacial score (nSPS) is 15.5. The second kappa shape index (κ2) is 8.38. The molecule has 8 heteroatoms. The lowest BCUT2D eigenvalue weighted by molar-refractivity contribution is 0.0543. The Kier molecular flexibility index (Phi) is 5.95. The summed E-state index contributed by atoms with van der Waals surface area (Å²) in [5, 5.41) is 0.826. The smallest absolute Gasteiger partial charge is 0.420 e. The number of benzene rings is 1. The number of pyridine rings is 1. The largest absolute Gasteiger partial charge is 0.443 e. The molecule has 0 radical (unpaired) electrons. The lowest BCUT2D eigenvalue weighted by Crippen LogP contribution is -2.44. The molecule has 3 heterocycles. The Morgan fingerprint density at radius 3 is 2.48 bits per heavy atom. The molecule has 1 saturated heterocycles. The van der Waals surface area contributed by atoms with E-state index in [0.717, 1.165) is 46.3 Å². The van der Waals surface area contributed by atoms with Crippen molar-refractivity contribution in [1.82, 2.24) is 14.5 Å². The summed E-state index contributed by atoms with van der Waals surface area (Å²) in [5.74, 6) is -0.233. The summed E-state index contributed by atoms with van der Waals surface area (Å²) in [6.45, 7) is 8.96. The van der Waals surface area contributed by atoms with E-state index < -0.39 is 11.7 Å². The van der Waals surface area contributed by atoms with Crippen LogP contribution in [0, 0.1) is 9.39 Å². The number of halogens is 2. The number of nitrogens with zero attached hydrogens (tertiary/aromatic N) is 4. The monoisotopic (exact) mass is 536 g/mol. The third-order valence-electron chi connectivity index (χ3n) is 5.31. The van der Waals surface area contributed by atoms with Gasteiger partial charge in [-0.15, -0.1) is 0 Å². The fourth-order valence-corrected chi connectivity index (χ4v) is 4.34. The van der Waals surface area contributed by atoms with Gasteiger partial charge in [-0.05, 0) is 74.2 Å². The van der Waals surface area contributed by atoms with Crippen molar-refractivity contribution in [3.63, 3.8) is 0 Å². The molecule has 0 bridgehead atoms. The van der Waals surface area contributed by atoms with Crippen LogP contribution in [0.3, 0.4) is 0 Å². The molecule has 4 rings (SSSR count). The van der Waals surface area contributed by atoms with Crippen LogP contribution in [-0.2, 0) is 4.74 Å². The van der Waals surface area contributed by atoms with Crippen LogP contribution in [0.4, 0.5) is 14.9 Å². The van der Waals surface area contributed by atoms with Crippen LogP contribution in [0.1, 0.15) is 20.8 Å². The SMILES string of the molecule is CN1CCN(c2ccc(-c3cnc4c(c3)c(I)cn4C(=O)OC(C)(C)C)cc2F)CC1. The van der Waals surface area contributed by atoms with Crippen LogP contribution in [0.15, 0.2) is 36.7 Å². The van der Waals surface area contributed by atoms with Gasteiger partial charge in [0, 0.05) is 53.1 Å². The number of hydrogen-bond donors (Lipinski definition) is 0. The van der Waals surface area contributed by atoms with Crippen LogP contribution in [-0.4, -0.2) is 59.4 Å². The van der Waals surface area contributed by atoms with Gasteiger partial charge in [-0.3, -0.25) is 0 Å². The molecule has 1 aromatic carbocycles. The molecule has 164 valence electrons. The summed E-state index contributed by atoms with van der Waals surface area (Å²) in [6, 6.07) is 7.28. The van der Waals surface area contributed by atoms with E-state index in [-0.39, 0.29) is 5.82 Å². The molecule has 1 fully saturated rings. The van der Waals surface area contributed by atoms with E-state index >= 15 is 0 Å². The molecule has 0 N–H and O–H groups in total. The molecule has 31 heavy (non-hydrogen) atoms. The molecule has 1 aliphatic heterocycles. The number of fused-ring (bicyclic) bond motifs is 1. The average Bonchev–Trinajstić information content (AvgIpc) is 3.04. The summed E-state index contributed by atoms with van der Waals surface area (Å²) in [6.07, 6.45) is 2.92. The quantitative estimate of drug-likeness (QED) is 0.433. The zero-order chi connectivity index (χ0) is 22.3. The Labute approximate surface area is 195 Å². The molecular formula is C23H26FIN4O2. The minimum Gasteiger partial charge on any atom is -0.443 e. The van der Waals surface area contributed by atoms with Gasteiger partial charge in [0.2, 0.25) is 0 Å². The van der Waals surface area contributed by atoms with Crippen LogP contribution >= 0.6 is 22.6 Å². The minimum atomic E-state index is -0.595. The van der Waals surface area contributed by atoms with Crippen molar-refractivity contribution >= 4 is 45.4 Å². The molecule has 0 aliphatic carbocycles. The molecule has 0 unspecified atom stereocenters. The predicted octanol–water partition coefficient (Wildman–Crippen LogP) is 4.98. The van der Waals surface area contributed by atoms with E-state index in [0.29, 0.717) is 11.3 Å². The maximum atomic E-state index is 14.9. The first-order valence-corrected chi connectivity index (χ1v) is 11.3. The van der Waals surface area contributed by atoms with Gasteiger partial charge >= 0.3 is 6.09 Å². The van der Waals surface area contributed by atoms with Gasteiger partial charge in [0.05, 0.1) is 5.69 Å². The lowest BCUT2D eigenvalue weighted by Gasteiger charge is -2.34. The van der Waals surface area contributed by atoms with E-state index in [4.69, 9.17) is 4.74 Å². The van der Waals surface area contributed by atoms with E-state index in [2.05, 4.69) is 44.4 Å². The zero-order valence-corrected chi connectivity index (χ0v) is 20.3. The fourth-order valence-electron chi connectivity index (χ4n) is 3.67. The summed E-state index contributed by atoms with van der Waals surface area (Å²) in [5.41, 5.74) is 2.12. The number of likely N-dealkylation sites (N-methyl/N-ethyl adjacent to an activating group) is 1. The highest BCUT2D eigenvalue weighted by Crippen LogP contribution is 2.30. The third kappa shape index (κ3) is 4.69. The molecule has 0 amide bonds. The van der Waals surface area contributed by atoms with Gasteiger partial charge in [-0.1, -0.05) is 6.07 Å². The summed E-state index contributed by atoms with van der Waals surface area (Å²) in [4.78, 5) is 21.4. The number of carbonyl (C=O) groups excluding carboxylic acids is 1. The molecular weight excluding hydrogens is 510 g/mol. The molecule has 1 aliphatic rings. The highest BCUT2D eigenvalue weighted by atomic mass is 127. The van der Waals surface area contributed by atoms with Crippen molar-refractivity contribution in [1.29, 1.82) is 0 Å². The average molecular weight is 536 g/mol. The predicted molar refractivity (Wildman–Crippen MR) is 129 cm³/mol. The van der Waals surface area contributed by atoms with Crippen LogP contribution in [0.2, 0.25) is 0 Å². The number of hydrogen-bond acceptors (Lipinski definition) is 5. The molecule has 0 saturated carbocycles. The lowest BCUT2D eigenvalue weighted by atomic mass is 10.1. The summed E-state index contributed by atoms with van der Waals surface area (Å²) in [7, 11) is 2.08. The van der Waals surface area contributed by atoms with Crippen molar-refractivity contribution in [3.05, 3.63) is 46.0 Å². The summed E-state index contributed by atoms with van der Waals surface area (Å²) < 4.78 is 22.7. The van der Waals surface area contributed by atoms with E-state index in [9.17, 15) is 9.18 Å². The Hall–Kier alpha value is -2.20. The van der Waals surface area contributed by atoms with Crippen molar-refractivity contribution in [2.24, 2.45) is 0 Å². The maximum Gasteiger partial charge on any atom is 0.420 e. The third-order valence-corrected chi connectivity index (χ3v) is 6.17. The number of anilines is 1. The van der Waals surface area contributed by atoms with Crippen LogP contribution in [0.5, 0.6) is 0 Å². The molecule has 2 aromatic heterocycles. The van der Waals surface area contributed by atoms with Gasteiger partial charge in [0.25, 0.3) is 0 Å². The van der Waals surface area contributed by atoms with Crippen LogP contribution in [0.25, 0.3) is 22.2 Å². The van der Waals surface area contributed by atoms with Gasteiger partial charge in [-0.2, -0.15) is 0 Å². The highest BCUT2D eigenvalue weighted by molar-refractivity contribution is 14.1. The fraction of sp³-hybridized carbons (Fsp3) is 0.391. The molecule has 0 spiro atoms. The van der Waals surface area contributed by atoms with Crippen molar-refractivity contribution in [3.8, 4) is 11.1 Å². The number of carbonyl (C=O) groups is 1. The first-order chi connectivity index (χ1) is 14.6. The van der Waals surface area contributed by atoms with E-state index in [1.807, 2.05) is 39.0 Å². The van der Waals surface area contributed by atoms with E-state index in [1.165, 1.54) is 4.57 Å². The number of aromatic nitrogens is 2. The Morgan fingerprint density at radius 2 is 1.84 bits per heavy atom. The minimum absolute atomic E-state index is 0.233.